The zero-order valence-electron chi connectivity index (χ0n) is 9.06. The zero-order chi connectivity index (χ0) is 11.3. The molecule has 1 aliphatic carbocycles. The molecule has 82 valence electrons. The van der Waals surface area contributed by atoms with E-state index < -0.39 is 5.41 Å². The average molecular weight is 216 g/mol. The van der Waals surface area contributed by atoms with Crippen LogP contribution in [0, 0.1) is 0 Å². The van der Waals surface area contributed by atoms with Gasteiger partial charge < -0.3 is 0 Å². The van der Waals surface area contributed by atoms with Gasteiger partial charge in [0.2, 0.25) is 5.91 Å². The van der Waals surface area contributed by atoms with Crippen molar-refractivity contribution < 1.29 is 9.59 Å². The van der Waals surface area contributed by atoms with Crippen LogP contribution in [0.4, 0.5) is 5.82 Å². The molecule has 0 bridgehead atoms. The van der Waals surface area contributed by atoms with Crippen molar-refractivity contribution in [3.8, 4) is 0 Å². The number of hydrogen-bond donors (Lipinski definition) is 0. The monoisotopic (exact) mass is 216 g/mol. The molecule has 1 atom stereocenters. The van der Waals surface area contributed by atoms with E-state index in [1.165, 1.54) is 0 Å². The van der Waals surface area contributed by atoms with Gasteiger partial charge in [-0.25, -0.2) is 4.98 Å². The Hall–Kier alpha value is -1.71. The lowest BCUT2D eigenvalue weighted by molar-refractivity contribution is -0.125. The summed E-state index contributed by atoms with van der Waals surface area (Å²) in [6.45, 7) is 0. The Bertz CT molecular complexity index is 498. The summed E-state index contributed by atoms with van der Waals surface area (Å²) in [4.78, 5) is 29.5. The number of carbonyl (C=O) groups excluding carboxylic acids is 2. The smallest absolute Gasteiger partial charge is 0.239 e. The minimum Gasteiger partial charge on any atom is -0.300 e. The number of hydrogen-bond acceptors (Lipinski definition) is 3. The Balaban J connectivity index is 2.21. The number of nitrogens with zero attached hydrogens (tertiary/aromatic N) is 2. The number of rotatable bonds is 0. The summed E-state index contributed by atoms with van der Waals surface area (Å²) in [5, 5.41) is 0. The van der Waals surface area contributed by atoms with Crippen molar-refractivity contribution in [2.45, 2.75) is 24.7 Å². The lowest BCUT2D eigenvalue weighted by Gasteiger charge is -2.20. The number of likely N-dealkylation sites (N-methyl/N-ethyl adjacent to an activating group) is 1. The Kier molecular flexibility index (Phi) is 1.73. The molecule has 1 amide bonds. The average Bonchev–Trinajstić information content (AvgIpc) is 2.78. The van der Waals surface area contributed by atoms with Crippen molar-refractivity contribution in [1.82, 2.24) is 4.98 Å². The van der Waals surface area contributed by atoms with E-state index in [4.69, 9.17) is 0 Å². The number of Topliss-reactive ketones (excluding diaryl/α,β-unsaturated/α-hetero) is 1. The molecule has 0 aromatic carbocycles. The van der Waals surface area contributed by atoms with E-state index in [-0.39, 0.29) is 11.7 Å². The van der Waals surface area contributed by atoms with Gasteiger partial charge in [0.15, 0.2) is 0 Å². The summed E-state index contributed by atoms with van der Waals surface area (Å²) in [6, 6.07) is 3.75. The molecule has 1 unspecified atom stereocenters. The highest BCUT2D eigenvalue weighted by atomic mass is 16.2. The number of ketones is 1. The van der Waals surface area contributed by atoms with Crippen LogP contribution in [0.2, 0.25) is 0 Å². The molecular weight excluding hydrogens is 204 g/mol. The first kappa shape index (κ1) is 9.51. The van der Waals surface area contributed by atoms with Gasteiger partial charge in [0.25, 0.3) is 0 Å². The van der Waals surface area contributed by atoms with Gasteiger partial charge >= 0.3 is 0 Å². The van der Waals surface area contributed by atoms with E-state index in [9.17, 15) is 9.59 Å². The number of anilines is 1. The third kappa shape index (κ3) is 0.965. The van der Waals surface area contributed by atoms with Gasteiger partial charge in [0.1, 0.15) is 11.6 Å². The van der Waals surface area contributed by atoms with Crippen LogP contribution in [0.25, 0.3) is 0 Å². The molecule has 1 saturated carbocycles. The molecule has 3 rings (SSSR count). The Morgan fingerprint density at radius 3 is 2.94 bits per heavy atom. The van der Waals surface area contributed by atoms with E-state index in [1.807, 2.05) is 12.1 Å². The second-order valence-electron chi connectivity index (χ2n) is 4.54. The molecule has 0 radical (unpaired) electrons. The van der Waals surface area contributed by atoms with Crippen LogP contribution in [-0.2, 0) is 15.0 Å². The van der Waals surface area contributed by atoms with Crippen LogP contribution in [0.1, 0.15) is 24.8 Å². The van der Waals surface area contributed by atoms with Crippen LogP contribution < -0.4 is 4.90 Å². The fourth-order valence-corrected chi connectivity index (χ4v) is 2.85. The maximum Gasteiger partial charge on any atom is 0.239 e. The Morgan fingerprint density at radius 1 is 1.44 bits per heavy atom. The summed E-state index contributed by atoms with van der Waals surface area (Å²) in [5.74, 6) is 0.910. The molecule has 2 heterocycles. The number of carbonyl (C=O) groups is 2. The van der Waals surface area contributed by atoms with Crippen LogP contribution >= 0.6 is 0 Å². The third-order valence-electron chi connectivity index (χ3n) is 3.66. The zero-order valence-corrected chi connectivity index (χ0v) is 9.06. The normalized spacial score (nSPS) is 27.9. The fourth-order valence-electron chi connectivity index (χ4n) is 2.85. The van der Waals surface area contributed by atoms with Crippen molar-refractivity contribution >= 4 is 17.5 Å². The van der Waals surface area contributed by atoms with Gasteiger partial charge in [-0.3, -0.25) is 14.5 Å². The summed E-state index contributed by atoms with van der Waals surface area (Å²) in [5.41, 5.74) is 0.323. The largest absolute Gasteiger partial charge is 0.300 e. The van der Waals surface area contributed by atoms with E-state index in [1.54, 1.807) is 18.1 Å². The first-order valence-corrected chi connectivity index (χ1v) is 5.40. The summed E-state index contributed by atoms with van der Waals surface area (Å²) in [6.07, 6.45) is 3.16. The number of aromatic nitrogens is 1. The predicted molar refractivity (Wildman–Crippen MR) is 58.2 cm³/mol. The SMILES string of the molecule is CN1C(=O)C2(CCC(=O)C2)c2cccnc21. The lowest BCUT2D eigenvalue weighted by atomic mass is 9.81. The molecule has 1 aliphatic heterocycles. The van der Waals surface area contributed by atoms with Gasteiger partial charge in [-0.1, -0.05) is 6.07 Å². The van der Waals surface area contributed by atoms with Crippen molar-refractivity contribution in [3.05, 3.63) is 23.9 Å². The van der Waals surface area contributed by atoms with Gasteiger partial charge in [-0.15, -0.1) is 0 Å². The molecule has 1 spiro atoms. The molecule has 0 saturated heterocycles. The summed E-state index contributed by atoms with van der Waals surface area (Å²) in [7, 11) is 1.73. The number of pyridine rings is 1. The van der Waals surface area contributed by atoms with Crippen molar-refractivity contribution in [2.24, 2.45) is 0 Å². The maximum absolute atomic E-state index is 12.3. The highest BCUT2D eigenvalue weighted by Crippen LogP contribution is 2.48. The highest BCUT2D eigenvalue weighted by molar-refractivity contribution is 6.10. The molecule has 0 N–H and O–H groups in total. The van der Waals surface area contributed by atoms with Gasteiger partial charge in [0.05, 0.1) is 5.41 Å². The minimum atomic E-state index is -0.602. The molecule has 16 heavy (non-hydrogen) atoms. The highest BCUT2D eigenvalue weighted by Gasteiger charge is 2.54. The molecular formula is C12H12N2O2. The first-order valence-electron chi connectivity index (χ1n) is 5.40. The maximum atomic E-state index is 12.3. The van der Waals surface area contributed by atoms with E-state index in [2.05, 4.69) is 4.98 Å². The minimum absolute atomic E-state index is 0.0204. The predicted octanol–water partition coefficient (Wildman–Crippen LogP) is 1.05. The Labute approximate surface area is 93.3 Å². The van der Waals surface area contributed by atoms with Crippen molar-refractivity contribution in [3.63, 3.8) is 0 Å². The molecule has 1 aromatic heterocycles. The molecule has 2 aliphatic rings. The first-order chi connectivity index (χ1) is 7.65. The molecule has 4 nitrogen and oxygen atoms in total. The van der Waals surface area contributed by atoms with E-state index in [0.29, 0.717) is 25.1 Å². The summed E-state index contributed by atoms with van der Waals surface area (Å²) >= 11 is 0. The van der Waals surface area contributed by atoms with E-state index in [0.717, 1.165) is 5.56 Å². The topological polar surface area (TPSA) is 50.3 Å². The quantitative estimate of drug-likeness (QED) is 0.651. The number of amides is 1. The molecule has 4 heteroatoms. The second-order valence-corrected chi connectivity index (χ2v) is 4.54. The lowest BCUT2D eigenvalue weighted by Crippen LogP contribution is -2.36. The van der Waals surface area contributed by atoms with Gasteiger partial charge in [-0.2, -0.15) is 0 Å². The van der Waals surface area contributed by atoms with Gasteiger partial charge in [-0.05, 0) is 12.5 Å². The van der Waals surface area contributed by atoms with Crippen LogP contribution in [0.15, 0.2) is 18.3 Å². The fraction of sp³-hybridized carbons (Fsp3) is 0.417. The van der Waals surface area contributed by atoms with Crippen LogP contribution in [-0.4, -0.2) is 23.7 Å². The second kappa shape index (κ2) is 2.90. The van der Waals surface area contributed by atoms with Crippen LogP contribution in [0.5, 0.6) is 0 Å². The van der Waals surface area contributed by atoms with Crippen molar-refractivity contribution in [2.75, 3.05) is 11.9 Å². The van der Waals surface area contributed by atoms with Crippen LogP contribution in [0.3, 0.4) is 0 Å². The van der Waals surface area contributed by atoms with E-state index >= 15 is 0 Å². The van der Waals surface area contributed by atoms with Gasteiger partial charge in [0, 0.05) is 31.6 Å². The number of fused-ring (bicyclic) bond motifs is 2. The molecule has 1 fully saturated rings. The standard InChI is InChI=1S/C12H12N2O2/c1-14-10-9(3-2-6-13-10)12(11(14)16)5-4-8(15)7-12/h2-3,6H,4-5,7H2,1H3. The van der Waals surface area contributed by atoms with Crippen molar-refractivity contribution in [1.29, 1.82) is 0 Å². The summed E-state index contributed by atoms with van der Waals surface area (Å²) < 4.78 is 0. The third-order valence-corrected chi connectivity index (χ3v) is 3.66. The Morgan fingerprint density at radius 2 is 2.25 bits per heavy atom. The molecule has 1 aromatic rings.